The predicted molar refractivity (Wildman–Crippen MR) is 143 cm³/mol. The van der Waals surface area contributed by atoms with Gasteiger partial charge in [-0.15, -0.1) is 0 Å². The summed E-state index contributed by atoms with van der Waals surface area (Å²) in [5.74, 6) is -0.447. The van der Waals surface area contributed by atoms with Crippen LogP contribution in [0.15, 0.2) is 72.8 Å². The van der Waals surface area contributed by atoms with Gasteiger partial charge < -0.3 is 14.2 Å². The third-order valence-electron chi connectivity index (χ3n) is 6.25. The maximum atomic E-state index is 13.8. The van der Waals surface area contributed by atoms with E-state index in [2.05, 4.69) is 0 Å². The second kappa shape index (κ2) is 11.1. The normalized spacial score (nSPS) is 12.4. The minimum atomic E-state index is -0.880. The van der Waals surface area contributed by atoms with Gasteiger partial charge in [-0.3, -0.25) is 0 Å². The summed E-state index contributed by atoms with van der Waals surface area (Å²) in [6, 6.07) is 21.9. The van der Waals surface area contributed by atoms with Gasteiger partial charge in [-0.25, -0.2) is 14.2 Å². The highest BCUT2D eigenvalue weighted by Gasteiger charge is 2.30. The number of halogens is 1. The van der Waals surface area contributed by atoms with Crippen LogP contribution in [0.1, 0.15) is 37.6 Å². The van der Waals surface area contributed by atoms with Crippen LogP contribution in [0.3, 0.4) is 0 Å². The predicted octanol–water partition coefficient (Wildman–Crippen LogP) is 6.78. The van der Waals surface area contributed by atoms with Gasteiger partial charge in [-0.2, -0.15) is 0 Å². The number of ether oxygens (including phenoxy) is 3. The number of esters is 1. The molecule has 192 valence electrons. The minimum Gasteiger partial charge on any atom is -0.462 e. The molecule has 37 heavy (non-hydrogen) atoms. The first kappa shape index (κ1) is 26.3. The Morgan fingerprint density at radius 2 is 1.70 bits per heavy atom. The van der Waals surface area contributed by atoms with E-state index in [0.29, 0.717) is 12.5 Å². The number of rotatable bonds is 9. The van der Waals surface area contributed by atoms with E-state index in [4.69, 9.17) is 19.2 Å². The van der Waals surface area contributed by atoms with E-state index in [1.165, 1.54) is 12.1 Å². The molecular weight excluding hydrogens is 469 g/mol. The fourth-order valence-electron chi connectivity index (χ4n) is 4.38. The SMILES string of the molecule is COCC(C)(C)c1nc(O[C@@H](C)C(=O)OCc2ccccc2)c2cc(C)ccc2c1-c1ccc(F)cc1. The largest absolute Gasteiger partial charge is 0.462 e. The van der Waals surface area contributed by atoms with Crippen molar-refractivity contribution in [1.29, 1.82) is 0 Å². The standard InChI is InChI=1S/C31H32FNO4/c1-20-11-16-25-26(17-20)29(37-21(2)30(34)36-18-22-9-7-6-8-10-22)33-28(31(3,4)19-35-5)27(25)23-12-14-24(32)15-13-23/h6-17,21H,18-19H2,1-5H3/t21-/m0/s1. The monoisotopic (exact) mass is 501 g/mol. The quantitative estimate of drug-likeness (QED) is 0.237. The van der Waals surface area contributed by atoms with Gasteiger partial charge in [0.2, 0.25) is 5.88 Å². The minimum absolute atomic E-state index is 0.163. The van der Waals surface area contributed by atoms with Gasteiger partial charge in [0.15, 0.2) is 6.10 Å². The van der Waals surface area contributed by atoms with Crippen molar-refractivity contribution in [2.24, 2.45) is 0 Å². The Kier molecular flexibility index (Phi) is 7.89. The molecule has 4 aromatic rings. The number of fused-ring (bicyclic) bond motifs is 1. The third-order valence-corrected chi connectivity index (χ3v) is 6.25. The van der Waals surface area contributed by atoms with Gasteiger partial charge >= 0.3 is 5.97 Å². The highest BCUT2D eigenvalue weighted by atomic mass is 19.1. The van der Waals surface area contributed by atoms with E-state index in [1.807, 2.05) is 69.3 Å². The average molecular weight is 502 g/mol. The summed E-state index contributed by atoms with van der Waals surface area (Å²) in [4.78, 5) is 17.8. The number of hydrogen-bond donors (Lipinski definition) is 0. The Morgan fingerprint density at radius 1 is 1.00 bits per heavy atom. The highest BCUT2D eigenvalue weighted by molar-refractivity contribution is 6.01. The molecule has 1 heterocycles. The molecule has 0 aliphatic rings. The van der Waals surface area contributed by atoms with Crippen molar-refractivity contribution < 1.29 is 23.4 Å². The number of methoxy groups -OCH3 is 1. The van der Waals surface area contributed by atoms with Crippen molar-refractivity contribution in [2.45, 2.75) is 45.8 Å². The number of aromatic nitrogens is 1. The van der Waals surface area contributed by atoms with Gasteiger partial charge in [-0.05, 0) is 48.6 Å². The van der Waals surface area contributed by atoms with Crippen LogP contribution in [-0.4, -0.2) is 30.8 Å². The van der Waals surface area contributed by atoms with Crippen LogP contribution in [0.25, 0.3) is 21.9 Å². The molecule has 3 aromatic carbocycles. The van der Waals surface area contributed by atoms with Gasteiger partial charge in [0.1, 0.15) is 12.4 Å². The lowest BCUT2D eigenvalue weighted by Crippen LogP contribution is -2.29. The molecule has 4 rings (SSSR count). The Hall–Kier alpha value is -3.77. The lowest BCUT2D eigenvalue weighted by Gasteiger charge is -2.28. The molecule has 6 heteroatoms. The summed E-state index contributed by atoms with van der Waals surface area (Å²) in [5.41, 5.74) is 3.86. The zero-order chi connectivity index (χ0) is 26.6. The van der Waals surface area contributed by atoms with Crippen LogP contribution in [0.5, 0.6) is 5.88 Å². The third kappa shape index (κ3) is 5.97. The summed E-state index contributed by atoms with van der Waals surface area (Å²) in [7, 11) is 1.64. The first-order valence-electron chi connectivity index (χ1n) is 12.3. The summed E-state index contributed by atoms with van der Waals surface area (Å²) < 4.78 is 31.0. The van der Waals surface area contributed by atoms with E-state index >= 15 is 0 Å². The molecule has 0 amide bonds. The van der Waals surface area contributed by atoms with Crippen LogP contribution in [0.2, 0.25) is 0 Å². The maximum Gasteiger partial charge on any atom is 0.347 e. The molecule has 0 bridgehead atoms. The van der Waals surface area contributed by atoms with Crippen LogP contribution in [0, 0.1) is 12.7 Å². The lowest BCUT2D eigenvalue weighted by molar-refractivity contribution is -0.152. The van der Waals surface area contributed by atoms with Gasteiger partial charge in [0.05, 0.1) is 12.3 Å². The van der Waals surface area contributed by atoms with Gasteiger partial charge in [0, 0.05) is 23.5 Å². The molecule has 0 saturated heterocycles. The van der Waals surface area contributed by atoms with E-state index in [-0.39, 0.29) is 12.4 Å². The average Bonchev–Trinajstić information content (AvgIpc) is 2.88. The van der Waals surface area contributed by atoms with Crippen molar-refractivity contribution in [1.82, 2.24) is 4.98 Å². The Balaban J connectivity index is 1.78. The van der Waals surface area contributed by atoms with E-state index < -0.39 is 17.5 Å². The summed E-state index contributed by atoms with van der Waals surface area (Å²) in [6.45, 7) is 8.28. The van der Waals surface area contributed by atoms with Crippen molar-refractivity contribution in [2.75, 3.05) is 13.7 Å². The highest BCUT2D eigenvalue weighted by Crippen LogP contribution is 2.41. The summed E-state index contributed by atoms with van der Waals surface area (Å²) in [5, 5.41) is 1.66. The molecular formula is C31H32FNO4. The summed E-state index contributed by atoms with van der Waals surface area (Å²) in [6.07, 6.45) is -0.880. The fraction of sp³-hybridized carbons (Fsp3) is 0.290. The van der Waals surface area contributed by atoms with E-state index in [0.717, 1.165) is 38.7 Å². The second-order valence-corrected chi connectivity index (χ2v) is 9.87. The number of nitrogens with zero attached hydrogens (tertiary/aromatic N) is 1. The number of benzene rings is 3. The molecule has 0 radical (unpaired) electrons. The first-order valence-corrected chi connectivity index (χ1v) is 12.3. The number of carbonyl (C=O) groups excluding carboxylic acids is 1. The molecule has 1 atom stereocenters. The second-order valence-electron chi connectivity index (χ2n) is 9.87. The summed E-state index contributed by atoms with van der Waals surface area (Å²) >= 11 is 0. The maximum absolute atomic E-state index is 13.8. The number of carbonyl (C=O) groups is 1. The van der Waals surface area contributed by atoms with Crippen molar-refractivity contribution >= 4 is 16.7 Å². The zero-order valence-corrected chi connectivity index (χ0v) is 21.9. The van der Waals surface area contributed by atoms with E-state index in [1.54, 1.807) is 26.2 Å². The van der Waals surface area contributed by atoms with Crippen LogP contribution < -0.4 is 4.74 Å². The molecule has 0 aliphatic carbocycles. The van der Waals surface area contributed by atoms with Crippen molar-refractivity contribution in [3.8, 4) is 17.0 Å². The Morgan fingerprint density at radius 3 is 2.38 bits per heavy atom. The lowest BCUT2D eigenvalue weighted by atomic mass is 9.82. The van der Waals surface area contributed by atoms with Crippen molar-refractivity contribution in [3.63, 3.8) is 0 Å². The molecule has 0 N–H and O–H groups in total. The first-order chi connectivity index (χ1) is 17.7. The molecule has 1 aromatic heterocycles. The fourth-order valence-corrected chi connectivity index (χ4v) is 4.38. The molecule has 0 unspecified atom stereocenters. The molecule has 0 spiro atoms. The van der Waals surface area contributed by atoms with Crippen molar-refractivity contribution in [3.05, 3.63) is 95.4 Å². The number of aryl methyl sites for hydroxylation is 1. The van der Waals surface area contributed by atoms with Crippen LogP contribution >= 0.6 is 0 Å². The van der Waals surface area contributed by atoms with E-state index in [9.17, 15) is 9.18 Å². The molecule has 0 fully saturated rings. The number of pyridine rings is 1. The van der Waals surface area contributed by atoms with Crippen LogP contribution in [0.4, 0.5) is 4.39 Å². The Bertz CT molecular complexity index is 1380. The smallest absolute Gasteiger partial charge is 0.347 e. The topological polar surface area (TPSA) is 57.7 Å². The molecule has 0 aliphatic heterocycles. The molecule has 5 nitrogen and oxygen atoms in total. The van der Waals surface area contributed by atoms with Gasteiger partial charge in [-0.1, -0.05) is 74.0 Å². The van der Waals surface area contributed by atoms with Crippen LogP contribution in [-0.2, 0) is 26.3 Å². The number of hydrogen-bond acceptors (Lipinski definition) is 5. The zero-order valence-electron chi connectivity index (χ0n) is 21.9. The van der Waals surface area contributed by atoms with Gasteiger partial charge in [0.25, 0.3) is 0 Å². The molecule has 0 saturated carbocycles. The Labute approximate surface area is 217 Å².